The number of rotatable bonds is 5. The Kier molecular flexibility index (Phi) is 5.98. The number of hydrogen-bond acceptors (Lipinski definition) is 8. The Bertz CT molecular complexity index is 1270. The second-order valence-corrected chi connectivity index (χ2v) is 10.4. The van der Waals surface area contributed by atoms with Gasteiger partial charge >= 0.3 is 0 Å². The van der Waals surface area contributed by atoms with Gasteiger partial charge < -0.3 is 19.3 Å². The van der Waals surface area contributed by atoms with E-state index in [2.05, 4.69) is 23.6 Å². The summed E-state index contributed by atoms with van der Waals surface area (Å²) in [5.41, 5.74) is 2.08. The standard InChI is InChI=1S/C26H31N5O3S/c1-3-5-22-27-24(23-18-8-9-29(4-2)15-21(18)35-25(23)28-22)30-10-12-31(13-11-30)26(32)17-6-7-19-20(14-17)34-16-33-19/h6-7,14H,3-5,8-13,15-16H2,1-2H3. The van der Waals surface area contributed by atoms with Gasteiger partial charge in [-0.1, -0.05) is 13.8 Å². The second-order valence-electron chi connectivity index (χ2n) is 9.36. The van der Waals surface area contributed by atoms with Crippen LogP contribution in [0.15, 0.2) is 18.2 Å². The van der Waals surface area contributed by atoms with Crippen molar-refractivity contribution in [1.82, 2.24) is 19.8 Å². The molecule has 3 aliphatic rings. The molecule has 184 valence electrons. The Labute approximate surface area is 209 Å². The summed E-state index contributed by atoms with van der Waals surface area (Å²) in [6, 6.07) is 5.43. The SMILES string of the molecule is CCCc1nc(N2CCN(C(=O)c3ccc4c(c3)OCO4)CC2)c2c3c(sc2n1)CN(CC)CC3. The molecule has 0 radical (unpaired) electrons. The third-order valence-electron chi connectivity index (χ3n) is 7.21. The number of piperazine rings is 1. The van der Waals surface area contributed by atoms with Gasteiger partial charge in [0, 0.05) is 56.1 Å². The maximum Gasteiger partial charge on any atom is 0.254 e. The third-order valence-corrected chi connectivity index (χ3v) is 8.32. The van der Waals surface area contributed by atoms with Crippen molar-refractivity contribution < 1.29 is 14.3 Å². The Morgan fingerprint density at radius 1 is 1.06 bits per heavy atom. The number of carbonyl (C=O) groups is 1. The number of hydrogen-bond donors (Lipinski definition) is 0. The van der Waals surface area contributed by atoms with Crippen LogP contribution in [-0.2, 0) is 19.4 Å². The predicted octanol–water partition coefficient (Wildman–Crippen LogP) is 3.71. The van der Waals surface area contributed by atoms with E-state index in [-0.39, 0.29) is 12.7 Å². The molecule has 3 aliphatic heterocycles. The number of aromatic nitrogens is 2. The minimum Gasteiger partial charge on any atom is -0.454 e. The van der Waals surface area contributed by atoms with Crippen molar-refractivity contribution in [3.63, 3.8) is 0 Å². The highest BCUT2D eigenvalue weighted by molar-refractivity contribution is 7.19. The smallest absolute Gasteiger partial charge is 0.254 e. The minimum absolute atomic E-state index is 0.0371. The zero-order chi connectivity index (χ0) is 23.9. The number of nitrogens with zero attached hydrogens (tertiary/aromatic N) is 5. The lowest BCUT2D eigenvalue weighted by Gasteiger charge is -2.36. The molecule has 0 atom stereocenters. The summed E-state index contributed by atoms with van der Waals surface area (Å²) in [5.74, 6) is 3.37. The van der Waals surface area contributed by atoms with Gasteiger partial charge in [0.1, 0.15) is 16.5 Å². The van der Waals surface area contributed by atoms with E-state index in [1.54, 1.807) is 6.07 Å². The van der Waals surface area contributed by atoms with E-state index < -0.39 is 0 Å². The van der Waals surface area contributed by atoms with Crippen LogP contribution in [0.2, 0.25) is 0 Å². The van der Waals surface area contributed by atoms with Crippen molar-refractivity contribution in [2.24, 2.45) is 0 Å². The van der Waals surface area contributed by atoms with Gasteiger partial charge in [-0.3, -0.25) is 9.69 Å². The molecule has 35 heavy (non-hydrogen) atoms. The van der Waals surface area contributed by atoms with Crippen molar-refractivity contribution in [2.75, 3.05) is 51.0 Å². The molecule has 0 aliphatic carbocycles. The van der Waals surface area contributed by atoms with Gasteiger partial charge in [0.2, 0.25) is 6.79 Å². The molecule has 1 aromatic carbocycles. The summed E-state index contributed by atoms with van der Waals surface area (Å²) in [4.78, 5) is 32.6. The molecule has 3 aromatic rings. The molecule has 9 heteroatoms. The van der Waals surface area contributed by atoms with Crippen LogP contribution in [0.25, 0.3) is 10.2 Å². The van der Waals surface area contributed by atoms with Crippen molar-refractivity contribution in [1.29, 1.82) is 0 Å². The van der Waals surface area contributed by atoms with Crippen molar-refractivity contribution in [3.05, 3.63) is 40.0 Å². The van der Waals surface area contributed by atoms with Gasteiger partial charge in [-0.05, 0) is 43.1 Å². The molecular weight excluding hydrogens is 462 g/mol. The number of benzene rings is 1. The Morgan fingerprint density at radius 3 is 2.69 bits per heavy atom. The summed E-state index contributed by atoms with van der Waals surface area (Å²) in [5, 5.41) is 1.25. The quantitative estimate of drug-likeness (QED) is 0.537. The Hall–Kier alpha value is -2.91. The van der Waals surface area contributed by atoms with E-state index in [0.29, 0.717) is 30.2 Å². The maximum atomic E-state index is 13.2. The fourth-order valence-electron chi connectivity index (χ4n) is 5.24. The zero-order valence-corrected chi connectivity index (χ0v) is 21.2. The first kappa shape index (κ1) is 22.5. The van der Waals surface area contributed by atoms with Crippen molar-refractivity contribution >= 4 is 33.3 Å². The lowest BCUT2D eigenvalue weighted by molar-refractivity contribution is 0.0746. The van der Waals surface area contributed by atoms with Crippen molar-refractivity contribution in [3.8, 4) is 11.5 Å². The summed E-state index contributed by atoms with van der Waals surface area (Å²) in [6.45, 7) is 10.6. The first-order valence-electron chi connectivity index (χ1n) is 12.6. The van der Waals surface area contributed by atoms with Gasteiger partial charge in [-0.15, -0.1) is 11.3 Å². The lowest BCUT2D eigenvalue weighted by atomic mass is 10.0. The fourth-order valence-corrected chi connectivity index (χ4v) is 6.51. The third kappa shape index (κ3) is 4.10. The number of aryl methyl sites for hydroxylation is 1. The van der Waals surface area contributed by atoms with Crippen LogP contribution in [0.4, 0.5) is 5.82 Å². The molecule has 1 fully saturated rings. The summed E-state index contributed by atoms with van der Waals surface area (Å²) in [6.07, 6.45) is 2.96. The van der Waals surface area contributed by atoms with Gasteiger partial charge in [0.05, 0.1) is 5.39 Å². The summed E-state index contributed by atoms with van der Waals surface area (Å²) >= 11 is 1.84. The average molecular weight is 494 g/mol. The number of fused-ring (bicyclic) bond motifs is 4. The normalized spacial score (nSPS) is 17.8. The first-order chi connectivity index (χ1) is 17.1. The molecular formula is C26H31N5O3S. The topological polar surface area (TPSA) is 71.0 Å². The summed E-state index contributed by atoms with van der Waals surface area (Å²) in [7, 11) is 0. The average Bonchev–Trinajstić information content (AvgIpc) is 3.51. The molecule has 0 unspecified atom stereocenters. The van der Waals surface area contributed by atoms with Crippen LogP contribution in [0, 0.1) is 0 Å². The van der Waals surface area contributed by atoms with Crippen LogP contribution in [0.1, 0.15) is 46.9 Å². The van der Waals surface area contributed by atoms with Crippen LogP contribution >= 0.6 is 11.3 Å². The highest BCUT2D eigenvalue weighted by Crippen LogP contribution is 2.39. The Morgan fingerprint density at radius 2 is 1.89 bits per heavy atom. The largest absolute Gasteiger partial charge is 0.454 e. The van der Waals surface area contributed by atoms with E-state index in [1.165, 1.54) is 15.8 Å². The number of thiophene rings is 1. The van der Waals surface area contributed by atoms with Crippen LogP contribution in [-0.4, -0.2) is 71.7 Å². The number of carbonyl (C=O) groups excluding carboxylic acids is 1. The number of likely N-dealkylation sites (N-methyl/N-ethyl adjacent to an activating group) is 1. The highest BCUT2D eigenvalue weighted by atomic mass is 32.1. The molecule has 5 heterocycles. The van der Waals surface area contributed by atoms with Gasteiger partial charge in [-0.25, -0.2) is 9.97 Å². The lowest BCUT2D eigenvalue weighted by Crippen LogP contribution is -2.49. The van der Waals surface area contributed by atoms with Gasteiger partial charge in [-0.2, -0.15) is 0 Å². The number of ether oxygens (including phenoxy) is 2. The van der Waals surface area contributed by atoms with E-state index in [0.717, 1.165) is 68.5 Å². The van der Waals surface area contributed by atoms with Crippen LogP contribution < -0.4 is 14.4 Å². The van der Waals surface area contributed by atoms with E-state index in [9.17, 15) is 4.79 Å². The fraction of sp³-hybridized carbons (Fsp3) is 0.500. The highest BCUT2D eigenvalue weighted by Gasteiger charge is 2.29. The number of anilines is 1. The predicted molar refractivity (Wildman–Crippen MR) is 137 cm³/mol. The molecule has 0 N–H and O–H groups in total. The zero-order valence-electron chi connectivity index (χ0n) is 20.4. The van der Waals surface area contributed by atoms with E-state index in [4.69, 9.17) is 19.4 Å². The molecule has 0 spiro atoms. The van der Waals surface area contributed by atoms with Gasteiger partial charge in [0.15, 0.2) is 11.5 Å². The molecule has 1 saturated heterocycles. The van der Waals surface area contributed by atoms with Crippen LogP contribution in [0.3, 0.4) is 0 Å². The summed E-state index contributed by atoms with van der Waals surface area (Å²) < 4.78 is 10.8. The second kappa shape index (κ2) is 9.28. The monoisotopic (exact) mass is 493 g/mol. The molecule has 0 saturated carbocycles. The van der Waals surface area contributed by atoms with Crippen molar-refractivity contribution in [2.45, 2.75) is 39.7 Å². The minimum atomic E-state index is 0.0371. The van der Waals surface area contributed by atoms with E-state index in [1.807, 2.05) is 28.4 Å². The molecule has 8 nitrogen and oxygen atoms in total. The molecule has 6 rings (SSSR count). The van der Waals surface area contributed by atoms with Gasteiger partial charge in [0.25, 0.3) is 5.91 Å². The van der Waals surface area contributed by atoms with Crippen LogP contribution in [0.5, 0.6) is 11.5 Å². The maximum absolute atomic E-state index is 13.2. The molecule has 1 amide bonds. The Balaban J connectivity index is 1.25. The molecule has 2 aromatic heterocycles. The first-order valence-corrected chi connectivity index (χ1v) is 13.4. The molecule has 0 bridgehead atoms. The van der Waals surface area contributed by atoms with E-state index >= 15 is 0 Å². The number of amides is 1.